The summed E-state index contributed by atoms with van der Waals surface area (Å²) in [4.78, 5) is 0. The summed E-state index contributed by atoms with van der Waals surface area (Å²) in [6, 6.07) is 9.59. The minimum absolute atomic E-state index is 0.399. The molecule has 0 aromatic heterocycles. The van der Waals surface area contributed by atoms with Crippen molar-refractivity contribution in [3.63, 3.8) is 0 Å². The molecule has 0 heterocycles. The van der Waals surface area contributed by atoms with Crippen molar-refractivity contribution >= 4 is 6.08 Å². The Morgan fingerprint density at radius 2 is 1.93 bits per heavy atom. The maximum Gasteiger partial charge on any atom is 0.183 e. The molecule has 1 aromatic rings. The first kappa shape index (κ1) is 11.4. The average molecular weight is 203 g/mol. The molecular formula is C12H13NO2. The summed E-state index contributed by atoms with van der Waals surface area (Å²) in [5.41, 5.74) is 1.83. The highest BCUT2D eigenvalue weighted by molar-refractivity contribution is 5.56. The van der Waals surface area contributed by atoms with Crippen molar-refractivity contribution in [3.8, 4) is 6.07 Å². The van der Waals surface area contributed by atoms with Crippen LogP contribution in [0.25, 0.3) is 6.08 Å². The zero-order valence-electron chi connectivity index (χ0n) is 8.81. The number of methoxy groups -OCH3 is 2. The van der Waals surface area contributed by atoms with Gasteiger partial charge in [-0.25, -0.2) is 0 Å². The van der Waals surface area contributed by atoms with Crippen molar-refractivity contribution in [3.05, 3.63) is 41.5 Å². The molecule has 1 rings (SSSR count). The van der Waals surface area contributed by atoms with E-state index in [1.54, 1.807) is 20.3 Å². The van der Waals surface area contributed by atoms with E-state index in [9.17, 15) is 0 Å². The summed E-state index contributed by atoms with van der Waals surface area (Å²) in [7, 11) is 3.16. The van der Waals surface area contributed by atoms with E-state index in [0.29, 0.717) is 0 Å². The predicted octanol–water partition coefficient (Wildman–Crippen LogP) is 2.51. The van der Waals surface area contributed by atoms with Crippen molar-refractivity contribution in [2.75, 3.05) is 14.2 Å². The van der Waals surface area contributed by atoms with Crippen LogP contribution in [0.2, 0.25) is 0 Å². The molecule has 0 bridgehead atoms. The highest BCUT2D eigenvalue weighted by Crippen LogP contribution is 2.22. The van der Waals surface area contributed by atoms with Gasteiger partial charge in [0.05, 0.1) is 6.07 Å². The lowest BCUT2D eigenvalue weighted by molar-refractivity contribution is -0.106. The summed E-state index contributed by atoms with van der Waals surface area (Å²) in [6.45, 7) is 0. The molecule has 3 nitrogen and oxygen atoms in total. The molecule has 0 aliphatic heterocycles. The van der Waals surface area contributed by atoms with Crippen LogP contribution in [-0.2, 0) is 9.47 Å². The summed E-state index contributed by atoms with van der Waals surface area (Å²) in [5, 5.41) is 8.47. The summed E-state index contributed by atoms with van der Waals surface area (Å²) in [5.74, 6) is 0. The Morgan fingerprint density at radius 3 is 2.53 bits per heavy atom. The molecule has 0 aliphatic rings. The first-order valence-corrected chi connectivity index (χ1v) is 4.54. The number of nitrogens with zero attached hydrogens (tertiary/aromatic N) is 1. The van der Waals surface area contributed by atoms with E-state index in [1.807, 2.05) is 30.3 Å². The van der Waals surface area contributed by atoms with E-state index in [1.165, 1.54) is 6.08 Å². The predicted molar refractivity (Wildman–Crippen MR) is 57.8 cm³/mol. The van der Waals surface area contributed by atoms with Gasteiger partial charge in [0.2, 0.25) is 0 Å². The summed E-state index contributed by atoms with van der Waals surface area (Å²) < 4.78 is 10.3. The normalized spacial score (nSPS) is 10.8. The molecule has 0 fully saturated rings. The Labute approximate surface area is 89.6 Å². The van der Waals surface area contributed by atoms with Crippen molar-refractivity contribution < 1.29 is 9.47 Å². The number of benzene rings is 1. The Balaban J connectivity index is 3.06. The third kappa shape index (κ3) is 2.91. The molecule has 0 radical (unpaired) electrons. The number of ether oxygens (including phenoxy) is 2. The monoisotopic (exact) mass is 203 g/mol. The average Bonchev–Trinajstić information content (AvgIpc) is 2.29. The minimum Gasteiger partial charge on any atom is -0.352 e. The lowest BCUT2D eigenvalue weighted by Crippen LogP contribution is -2.05. The molecule has 0 saturated carbocycles. The summed E-state index contributed by atoms with van der Waals surface area (Å²) >= 11 is 0. The maximum atomic E-state index is 8.47. The second-order valence-electron chi connectivity index (χ2n) is 2.89. The maximum absolute atomic E-state index is 8.47. The molecule has 15 heavy (non-hydrogen) atoms. The van der Waals surface area contributed by atoms with Crippen molar-refractivity contribution in [1.29, 1.82) is 5.26 Å². The quantitative estimate of drug-likeness (QED) is 0.557. The molecule has 0 atom stereocenters. The van der Waals surface area contributed by atoms with Gasteiger partial charge in [-0.15, -0.1) is 0 Å². The Kier molecular flexibility index (Phi) is 4.55. The Morgan fingerprint density at radius 1 is 1.27 bits per heavy atom. The van der Waals surface area contributed by atoms with Crippen LogP contribution in [0.1, 0.15) is 17.4 Å². The fraction of sp³-hybridized carbons (Fsp3) is 0.250. The molecular weight excluding hydrogens is 190 g/mol. The van der Waals surface area contributed by atoms with Gasteiger partial charge in [-0.2, -0.15) is 5.26 Å². The minimum atomic E-state index is -0.399. The van der Waals surface area contributed by atoms with Crippen LogP contribution in [-0.4, -0.2) is 14.2 Å². The SMILES string of the molecule is COC(OC)c1ccccc1/C=C\C#N. The third-order valence-electron chi connectivity index (χ3n) is 2.02. The van der Waals surface area contributed by atoms with Gasteiger partial charge in [0, 0.05) is 25.9 Å². The van der Waals surface area contributed by atoms with Gasteiger partial charge in [0.25, 0.3) is 0 Å². The fourth-order valence-electron chi connectivity index (χ4n) is 1.35. The standard InChI is InChI=1S/C12H13NO2/c1-14-12(15-2)11-8-4-3-6-10(11)7-5-9-13/h3-8,12H,1-2H3/b7-5-. The highest BCUT2D eigenvalue weighted by Gasteiger charge is 2.11. The number of hydrogen-bond donors (Lipinski definition) is 0. The first-order chi connectivity index (χ1) is 7.33. The van der Waals surface area contributed by atoms with Crippen LogP contribution in [0.3, 0.4) is 0 Å². The molecule has 0 spiro atoms. The number of rotatable bonds is 4. The molecule has 0 saturated heterocycles. The van der Waals surface area contributed by atoms with Crippen LogP contribution < -0.4 is 0 Å². The van der Waals surface area contributed by atoms with Crippen LogP contribution in [0.5, 0.6) is 0 Å². The van der Waals surface area contributed by atoms with E-state index in [-0.39, 0.29) is 0 Å². The number of hydrogen-bond acceptors (Lipinski definition) is 3. The Hall–Kier alpha value is -1.63. The van der Waals surface area contributed by atoms with E-state index >= 15 is 0 Å². The zero-order chi connectivity index (χ0) is 11.1. The highest BCUT2D eigenvalue weighted by atomic mass is 16.7. The lowest BCUT2D eigenvalue weighted by Gasteiger charge is -2.15. The van der Waals surface area contributed by atoms with Crippen molar-refractivity contribution in [2.45, 2.75) is 6.29 Å². The second kappa shape index (κ2) is 5.97. The molecule has 3 heteroatoms. The summed E-state index contributed by atoms with van der Waals surface area (Å²) in [6.07, 6.45) is 2.77. The van der Waals surface area contributed by atoms with Crippen molar-refractivity contribution in [1.82, 2.24) is 0 Å². The second-order valence-corrected chi connectivity index (χ2v) is 2.89. The number of nitriles is 1. The van der Waals surface area contributed by atoms with E-state index in [4.69, 9.17) is 14.7 Å². The van der Waals surface area contributed by atoms with E-state index in [2.05, 4.69) is 0 Å². The zero-order valence-corrected chi connectivity index (χ0v) is 8.81. The Bertz CT molecular complexity index is 375. The lowest BCUT2D eigenvalue weighted by atomic mass is 10.1. The van der Waals surface area contributed by atoms with Gasteiger partial charge >= 0.3 is 0 Å². The van der Waals surface area contributed by atoms with E-state index in [0.717, 1.165) is 11.1 Å². The fourth-order valence-corrected chi connectivity index (χ4v) is 1.35. The van der Waals surface area contributed by atoms with Gasteiger partial charge in [0.1, 0.15) is 0 Å². The van der Waals surface area contributed by atoms with Crippen molar-refractivity contribution in [2.24, 2.45) is 0 Å². The molecule has 0 unspecified atom stereocenters. The van der Waals surface area contributed by atoms with Gasteiger partial charge < -0.3 is 9.47 Å². The van der Waals surface area contributed by atoms with E-state index < -0.39 is 6.29 Å². The molecule has 0 N–H and O–H groups in total. The van der Waals surface area contributed by atoms with Gasteiger partial charge in [-0.1, -0.05) is 24.3 Å². The topological polar surface area (TPSA) is 42.2 Å². The molecule has 0 amide bonds. The van der Waals surface area contributed by atoms with Gasteiger partial charge in [0.15, 0.2) is 6.29 Å². The molecule has 78 valence electrons. The molecule has 1 aromatic carbocycles. The van der Waals surface area contributed by atoms with Crippen LogP contribution in [0.4, 0.5) is 0 Å². The van der Waals surface area contributed by atoms with Gasteiger partial charge in [-0.05, 0) is 11.6 Å². The third-order valence-corrected chi connectivity index (χ3v) is 2.02. The smallest absolute Gasteiger partial charge is 0.183 e. The first-order valence-electron chi connectivity index (χ1n) is 4.54. The van der Waals surface area contributed by atoms with Crippen LogP contribution in [0.15, 0.2) is 30.3 Å². The van der Waals surface area contributed by atoms with Gasteiger partial charge in [-0.3, -0.25) is 0 Å². The largest absolute Gasteiger partial charge is 0.352 e. The van der Waals surface area contributed by atoms with Crippen LogP contribution >= 0.6 is 0 Å². The van der Waals surface area contributed by atoms with Crippen LogP contribution in [0, 0.1) is 11.3 Å². The molecule has 0 aliphatic carbocycles. The number of allylic oxidation sites excluding steroid dienone is 1.